The third-order valence-corrected chi connectivity index (χ3v) is 2.90. The fourth-order valence-corrected chi connectivity index (χ4v) is 1.79. The van der Waals surface area contributed by atoms with Crippen LogP contribution < -0.4 is 0 Å². The molecule has 108 valence electrons. The Morgan fingerprint density at radius 3 is 2.65 bits per heavy atom. The summed E-state index contributed by atoms with van der Waals surface area (Å²) < 4.78 is 37.9. The quantitative estimate of drug-likeness (QED) is 0.371. The third kappa shape index (κ3) is 4.70. The van der Waals surface area contributed by atoms with Gasteiger partial charge in [0.05, 0.1) is 6.04 Å². The summed E-state index contributed by atoms with van der Waals surface area (Å²) in [5.74, 6) is -0.00715. The lowest BCUT2D eigenvalue weighted by Crippen LogP contribution is -2.39. The van der Waals surface area contributed by atoms with Gasteiger partial charge in [-0.2, -0.15) is 23.4 Å². The zero-order chi connectivity index (χ0) is 15.3. The van der Waals surface area contributed by atoms with Gasteiger partial charge in [0.1, 0.15) is 17.5 Å². The van der Waals surface area contributed by atoms with Crippen LogP contribution in [0.2, 0.25) is 5.15 Å². The summed E-state index contributed by atoms with van der Waals surface area (Å²) in [7, 11) is 0. The van der Waals surface area contributed by atoms with Gasteiger partial charge in [-0.25, -0.2) is 4.98 Å². The van der Waals surface area contributed by atoms with E-state index in [0.717, 1.165) is 4.90 Å². The van der Waals surface area contributed by atoms with Gasteiger partial charge < -0.3 is 4.90 Å². The maximum absolute atomic E-state index is 12.6. The fourth-order valence-electron chi connectivity index (χ4n) is 1.68. The van der Waals surface area contributed by atoms with E-state index >= 15 is 0 Å². The van der Waals surface area contributed by atoms with E-state index < -0.39 is 18.8 Å². The Bertz CT molecular complexity index is 519. The van der Waals surface area contributed by atoms with Gasteiger partial charge in [0.2, 0.25) is 6.19 Å². The highest BCUT2D eigenvalue weighted by Gasteiger charge is 2.34. The number of hydrogen-bond donors (Lipinski definition) is 0. The van der Waals surface area contributed by atoms with Gasteiger partial charge in [-0.1, -0.05) is 17.7 Å². The van der Waals surface area contributed by atoms with E-state index in [1.165, 1.54) is 25.4 Å². The van der Waals surface area contributed by atoms with Crippen molar-refractivity contribution < 1.29 is 13.2 Å². The largest absolute Gasteiger partial charge is 0.405 e. The minimum Gasteiger partial charge on any atom is -0.344 e. The zero-order valence-electron chi connectivity index (χ0n) is 10.8. The topological polar surface area (TPSA) is 52.3 Å². The van der Waals surface area contributed by atoms with Crippen LogP contribution in [-0.2, 0) is 0 Å². The van der Waals surface area contributed by atoms with E-state index in [2.05, 4.69) is 9.98 Å². The highest BCUT2D eigenvalue weighted by atomic mass is 35.5. The molecule has 0 radical (unpaired) electrons. The minimum atomic E-state index is -4.40. The normalized spacial score (nSPS) is 13.8. The predicted octanol–water partition coefficient (Wildman–Crippen LogP) is 3.56. The molecule has 1 aromatic rings. The van der Waals surface area contributed by atoms with Crippen LogP contribution in [-0.4, -0.2) is 28.4 Å². The molecule has 1 unspecified atom stereocenters. The van der Waals surface area contributed by atoms with Crippen LogP contribution in [0.15, 0.2) is 23.3 Å². The van der Waals surface area contributed by atoms with E-state index in [1.54, 1.807) is 13.0 Å². The Labute approximate surface area is 119 Å². The predicted molar refractivity (Wildman–Crippen MR) is 69.1 cm³/mol. The number of aliphatic imine (C=N–C) groups is 1. The van der Waals surface area contributed by atoms with Gasteiger partial charge in [-0.05, 0) is 25.5 Å². The van der Waals surface area contributed by atoms with Crippen molar-refractivity contribution in [2.24, 2.45) is 4.99 Å². The van der Waals surface area contributed by atoms with Crippen LogP contribution in [0.4, 0.5) is 13.2 Å². The second kappa shape index (κ2) is 6.57. The Morgan fingerprint density at radius 1 is 1.55 bits per heavy atom. The molecule has 0 aliphatic carbocycles. The molecule has 8 heteroatoms. The number of amidine groups is 1. The van der Waals surface area contributed by atoms with Gasteiger partial charge in [-0.3, -0.25) is 0 Å². The molecular formula is C12H12ClF3N4. The number of alkyl halides is 3. The molecule has 1 heterocycles. The second-order valence-corrected chi connectivity index (χ2v) is 4.48. The maximum atomic E-state index is 12.6. The van der Waals surface area contributed by atoms with Crippen LogP contribution in [0.5, 0.6) is 0 Å². The number of aromatic nitrogens is 1. The molecule has 0 saturated heterocycles. The van der Waals surface area contributed by atoms with Crippen molar-refractivity contribution in [3.05, 3.63) is 29.0 Å². The first kappa shape index (κ1) is 16.2. The Hall–Kier alpha value is -1.81. The number of rotatable bonds is 3. The lowest BCUT2D eigenvalue weighted by atomic mass is 10.1. The van der Waals surface area contributed by atoms with Crippen molar-refractivity contribution in [3.63, 3.8) is 0 Å². The molecule has 0 spiro atoms. The monoisotopic (exact) mass is 304 g/mol. The van der Waals surface area contributed by atoms with E-state index in [9.17, 15) is 13.2 Å². The van der Waals surface area contributed by atoms with Crippen LogP contribution >= 0.6 is 11.6 Å². The Balaban J connectivity index is 3.07. The minimum absolute atomic E-state index is 0.00715. The molecule has 0 bridgehead atoms. The number of nitrogens with zero attached hydrogens (tertiary/aromatic N) is 4. The molecule has 0 aliphatic rings. The van der Waals surface area contributed by atoms with Crippen molar-refractivity contribution >= 4 is 17.4 Å². The maximum Gasteiger partial charge on any atom is 0.405 e. The molecule has 20 heavy (non-hydrogen) atoms. The molecule has 0 fully saturated rings. The third-order valence-electron chi connectivity index (χ3n) is 2.68. The van der Waals surface area contributed by atoms with Crippen molar-refractivity contribution in [2.75, 3.05) is 6.54 Å². The smallest absolute Gasteiger partial charge is 0.344 e. The number of nitriles is 1. The molecule has 1 aromatic heterocycles. The lowest BCUT2D eigenvalue weighted by Gasteiger charge is -2.31. The van der Waals surface area contributed by atoms with Gasteiger partial charge in [0.15, 0.2) is 0 Å². The standard InChI is InChI=1S/C12H12ClF3N4/c1-8(10-3-4-11(13)18-5-10)20(6-12(14,15)16)9(2)19-7-17/h3-5,8H,6H2,1-2H3. The summed E-state index contributed by atoms with van der Waals surface area (Å²) >= 11 is 5.64. The highest BCUT2D eigenvalue weighted by Crippen LogP contribution is 2.26. The summed E-state index contributed by atoms with van der Waals surface area (Å²) in [5, 5.41) is 8.75. The lowest BCUT2D eigenvalue weighted by molar-refractivity contribution is -0.141. The highest BCUT2D eigenvalue weighted by molar-refractivity contribution is 6.29. The van der Waals surface area contributed by atoms with E-state index in [4.69, 9.17) is 16.9 Å². The molecule has 0 saturated carbocycles. The van der Waals surface area contributed by atoms with Crippen molar-refractivity contribution in [3.8, 4) is 6.19 Å². The molecule has 1 rings (SSSR count). The number of pyridine rings is 1. The molecule has 0 aromatic carbocycles. The van der Waals surface area contributed by atoms with Crippen LogP contribution in [0.3, 0.4) is 0 Å². The van der Waals surface area contributed by atoms with Gasteiger partial charge in [0, 0.05) is 6.20 Å². The molecular weight excluding hydrogens is 293 g/mol. The van der Waals surface area contributed by atoms with Crippen molar-refractivity contribution in [2.45, 2.75) is 26.1 Å². The molecule has 0 aliphatic heterocycles. The summed E-state index contributed by atoms with van der Waals surface area (Å²) in [6.45, 7) is 1.73. The van der Waals surface area contributed by atoms with Crippen LogP contribution in [0, 0.1) is 11.5 Å². The second-order valence-electron chi connectivity index (χ2n) is 4.09. The van der Waals surface area contributed by atoms with Gasteiger partial charge >= 0.3 is 6.18 Å². The number of hydrogen-bond acceptors (Lipinski definition) is 3. The Morgan fingerprint density at radius 2 is 2.20 bits per heavy atom. The summed E-state index contributed by atoms with van der Waals surface area (Å²) in [6, 6.07) is 2.44. The van der Waals surface area contributed by atoms with E-state index in [1.807, 2.05) is 0 Å². The van der Waals surface area contributed by atoms with Crippen LogP contribution in [0.25, 0.3) is 0 Å². The first-order valence-corrected chi connectivity index (χ1v) is 6.00. The average Bonchev–Trinajstić information content (AvgIpc) is 2.35. The summed E-state index contributed by atoms with van der Waals surface area (Å²) in [6.07, 6.45) is -1.51. The number of halogens is 4. The molecule has 4 nitrogen and oxygen atoms in total. The van der Waals surface area contributed by atoms with E-state index in [0.29, 0.717) is 5.56 Å². The van der Waals surface area contributed by atoms with Crippen molar-refractivity contribution in [1.82, 2.24) is 9.88 Å². The Kier molecular flexibility index (Phi) is 5.34. The first-order chi connectivity index (χ1) is 9.24. The summed E-state index contributed by atoms with van der Waals surface area (Å²) in [4.78, 5) is 8.21. The molecule has 0 N–H and O–H groups in total. The average molecular weight is 305 g/mol. The fraction of sp³-hybridized carbons (Fsp3) is 0.417. The SMILES string of the molecule is CC(=NC#N)N(CC(F)(F)F)C(C)c1ccc(Cl)nc1. The van der Waals surface area contributed by atoms with Crippen LogP contribution in [0.1, 0.15) is 25.5 Å². The molecule has 0 amide bonds. The van der Waals surface area contributed by atoms with Crippen molar-refractivity contribution in [1.29, 1.82) is 5.26 Å². The first-order valence-electron chi connectivity index (χ1n) is 5.63. The summed E-state index contributed by atoms with van der Waals surface area (Å²) in [5.41, 5.74) is 0.547. The zero-order valence-corrected chi connectivity index (χ0v) is 11.6. The van der Waals surface area contributed by atoms with E-state index in [-0.39, 0.29) is 11.0 Å². The van der Waals surface area contributed by atoms with Gasteiger partial charge in [0.25, 0.3) is 0 Å². The van der Waals surface area contributed by atoms with Gasteiger partial charge in [-0.15, -0.1) is 0 Å². The molecule has 1 atom stereocenters.